The van der Waals surface area contributed by atoms with Crippen molar-refractivity contribution in [2.45, 2.75) is 58.0 Å². The monoisotopic (exact) mass is 291 g/mol. The SMILES string of the molecule is CCCNC(C)c1ccc(N(CCCO)C2CCC2)nc1. The van der Waals surface area contributed by atoms with Crippen LogP contribution in [0.2, 0.25) is 0 Å². The van der Waals surface area contributed by atoms with Crippen LogP contribution >= 0.6 is 0 Å². The lowest BCUT2D eigenvalue weighted by molar-refractivity contribution is 0.282. The van der Waals surface area contributed by atoms with Crippen molar-refractivity contribution in [3.05, 3.63) is 23.9 Å². The van der Waals surface area contributed by atoms with Gasteiger partial charge in [-0.05, 0) is 57.2 Å². The van der Waals surface area contributed by atoms with E-state index in [-0.39, 0.29) is 6.61 Å². The summed E-state index contributed by atoms with van der Waals surface area (Å²) in [5.74, 6) is 1.06. The van der Waals surface area contributed by atoms with Crippen LogP contribution in [0.25, 0.3) is 0 Å². The van der Waals surface area contributed by atoms with Gasteiger partial charge in [-0.1, -0.05) is 13.0 Å². The fraction of sp³-hybridized carbons (Fsp3) is 0.706. The van der Waals surface area contributed by atoms with Gasteiger partial charge in [0.15, 0.2) is 0 Å². The molecule has 0 aromatic carbocycles. The maximum absolute atomic E-state index is 9.08. The molecule has 1 saturated carbocycles. The first-order valence-corrected chi connectivity index (χ1v) is 8.33. The number of nitrogens with one attached hydrogen (secondary N) is 1. The second kappa shape index (κ2) is 8.35. The number of pyridine rings is 1. The predicted octanol–water partition coefficient (Wildman–Crippen LogP) is 2.88. The summed E-state index contributed by atoms with van der Waals surface area (Å²) in [4.78, 5) is 7.04. The Balaban J connectivity index is 2.00. The average molecular weight is 291 g/mol. The van der Waals surface area contributed by atoms with Crippen molar-refractivity contribution in [1.82, 2.24) is 10.3 Å². The molecular weight excluding hydrogens is 262 g/mol. The number of hydrogen-bond donors (Lipinski definition) is 2. The van der Waals surface area contributed by atoms with Crippen LogP contribution in [0.3, 0.4) is 0 Å². The van der Waals surface area contributed by atoms with Gasteiger partial charge in [-0.3, -0.25) is 0 Å². The van der Waals surface area contributed by atoms with Crippen LogP contribution in [0, 0.1) is 0 Å². The molecule has 1 aromatic heterocycles. The van der Waals surface area contributed by atoms with Crippen molar-refractivity contribution in [1.29, 1.82) is 0 Å². The van der Waals surface area contributed by atoms with E-state index >= 15 is 0 Å². The molecule has 0 amide bonds. The van der Waals surface area contributed by atoms with Crippen LogP contribution in [-0.4, -0.2) is 35.8 Å². The lowest BCUT2D eigenvalue weighted by atomic mass is 9.91. The van der Waals surface area contributed by atoms with Gasteiger partial charge in [0.25, 0.3) is 0 Å². The van der Waals surface area contributed by atoms with Crippen LogP contribution in [0.4, 0.5) is 5.82 Å². The van der Waals surface area contributed by atoms with Gasteiger partial charge in [0.1, 0.15) is 5.82 Å². The van der Waals surface area contributed by atoms with E-state index in [0.29, 0.717) is 12.1 Å². The number of anilines is 1. The summed E-state index contributed by atoms with van der Waals surface area (Å²) in [6, 6.07) is 5.28. The zero-order valence-electron chi connectivity index (χ0n) is 13.4. The minimum absolute atomic E-state index is 0.249. The van der Waals surface area contributed by atoms with Crippen molar-refractivity contribution < 1.29 is 5.11 Å². The van der Waals surface area contributed by atoms with E-state index in [0.717, 1.165) is 31.7 Å². The van der Waals surface area contributed by atoms with Gasteiger partial charge in [-0.25, -0.2) is 4.98 Å². The molecule has 1 heterocycles. The summed E-state index contributed by atoms with van der Waals surface area (Å²) in [7, 11) is 0. The molecule has 21 heavy (non-hydrogen) atoms. The van der Waals surface area contributed by atoms with Gasteiger partial charge in [-0.2, -0.15) is 0 Å². The van der Waals surface area contributed by atoms with E-state index in [2.05, 4.69) is 41.2 Å². The summed E-state index contributed by atoms with van der Waals surface area (Å²) >= 11 is 0. The van der Waals surface area contributed by atoms with Crippen LogP contribution in [0.1, 0.15) is 57.6 Å². The van der Waals surface area contributed by atoms with E-state index in [1.807, 2.05) is 6.20 Å². The fourth-order valence-corrected chi connectivity index (χ4v) is 2.73. The van der Waals surface area contributed by atoms with E-state index in [9.17, 15) is 0 Å². The summed E-state index contributed by atoms with van der Waals surface area (Å²) in [6.07, 6.45) is 7.77. The highest BCUT2D eigenvalue weighted by molar-refractivity contribution is 5.41. The molecule has 1 aromatic rings. The Bertz CT molecular complexity index is 403. The lowest BCUT2D eigenvalue weighted by Gasteiger charge is -2.38. The first kappa shape index (κ1) is 16.2. The highest BCUT2D eigenvalue weighted by Crippen LogP contribution is 2.29. The third kappa shape index (κ3) is 4.42. The second-order valence-electron chi connectivity index (χ2n) is 5.98. The van der Waals surface area contributed by atoms with Crippen molar-refractivity contribution in [2.75, 3.05) is 24.6 Å². The number of aliphatic hydroxyl groups is 1. The van der Waals surface area contributed by atoms with Crippen molar-refractivity contribution in [3.8, 4) is 0 Å². The minimum atomic E-state index is 0.249. The zero-order valence-corrected chi connectivity index (χ0v) is 13.4. The van der Waals surface area contributed by atoms with Crippen LogP contribution in [0.5, 0.6) is 0 Å². The van der Waals surface area contributed by atoms with E-state index in [4.69, 9.17) is 5.11 Å². The number of hydrogen-bond acceptors (Lipinski definition) is 4. The smallest absolute Gasteiger partial charge is 0.128 e. The molecule has 2 N–H and O–H groups in total. The molecular formula is C17H29N3O. The quantitative estimate of drug-likeness (QED) is 0.734. The van der Waals surface area contributed by atoms with Gasteiger partial charge in [-0.15, -0.1) is 0 Å². The number of aliphatic hydroxyl groups excluding tert-OH is 1. The molecule has 0 saturated heterocycles. The molecule has 1 atom stereocenters. The molecule has 2 rings (SSSR count). The molecule has 0 bridgehead atoms. The van der Waals surface area contributed by atoms with Crippen LogP contribution < -0.4 is 10.2 Å². The van der Waals surface area contributed by atoms with Crippen LogP contribution in [-0.2, 0) is 0 Å². The number of rotatable bonds is 9. The summed E-state index contributed by atoms with van der Waals surface area (Å²) in [5, 5.41) is 12.6. The third-order valence-electron chi connectivity index (χ3n) is 4.34. The normalized spacial score (nSPS) is 16.5. The van der Waals surface area contributed by atoms with Gasteiger partial charge >= 0.3 is 0 Å². The van der Waals surface area contributed by atoms with Crippen molar-refractivity contribution in [2.24, 2.45) is 0 Å². The first-order chi connectivity index (χ1) is 10.3. The molecule has 1 aliphatic rings. The van der Waals surface area contributed by atoms with Gasteiger partial charge in [0.2, 0.25) is 0 Å². The topological polar surface area (TPSA) is 48.4 Å². The summed E-state index contributed by atoms with van der Waals surface area (Å²) in [5.41, 5.74) is 1.24. The number of nitrogens with zero attached hydrogens (tertiary/aromatic N) is 2. The van der Waals surface area contributed by atoms with Crippen LogP contribution in [0.15, 0.2) is 18.3 Å². The molecule has 0 aliphatic heterocycles. The molecule has 1 aliphatic carbocycles. The Morgan fingerprint density at radius 1 is 1.43 bits per heavy atom. The molecule has 4 nitrogen and oxygen atoms in total. The molecule has 1 fully saturated rings. The standard InChI is InChI=1S/C17H29N3O/c1-3-10-18-14(2)15-8-9-17(19-13-15)20(11-5-12-21)16-6-4-7-16/h8-9,13-14,16,18,21H,3-7,10-12H2,1-2H3. The van der Waals surface area contributed by atoms with E-state index < -0.39 is 0 Å². The van der Waals surface area contributed by atoms with Crippen molar-refractivity contribution >= 4 is 5.82 Å². The number of aromatic nitrogens is 1. The molecule has 0 radical (unpaired) electrons. The van der Waals surface area contributed by atoms with Crippen molar-refractivity contribution in [3.63, 3.8) is 0 Å². The Labute approximate surface area is 128 Å². The van der Waals surface area contributed by atoms with Gasteiger partial charge in [0, 0.05) is 31.4 Å². The van der Waals surface area contributed by atoms with E-state index in [1.54, 1.807) is 0 Å². The predicted molar refractivity (Wildman–Crippen MR) is 87.6 cm³/mol. The molecule has 4 heteroatoms. The Hall–Kier alpha value is -1.13. The maximum atomic E-state index is 9.08. The van der Waals surface area contributed by atoms with Gasteiger partial charge in [0.05, 0.1) is 0 Å². The second-order valence-corrected chi connectivity index (χ2v) is 5.98. The average Bonchev–Trinajstić information content (AvgIpc) is 2.47. The van der Waals surface area contributed by atoms with E-state index in [1.165, 1.54) is 24.8 Å². The summed E-state index contributed by atoms with van der Waals surface area (Å²) < 4.78 is 0. The molecule has 1 unspecified atom stereocenters. The highest BCUT2D eigenvalue weighted by Gasteiger charge is 2.25. The summed E-state index contributed by atoms with van der Waals surface area (Å²) in [6.45, 7) is 6.55. The lowest BCUT2D eigenvalue weighted by Crippen LogP contribution is -2.41. The minimum Gasteiger partial charge on any atom is -0.396 e. The molecule has 0 spiro atoms. The Kier molecular flexibility index (Phi) is 6.46. The Morgan fingerprint density at radius 3 is 2.76 bits per heavy atom. The zero-order chi connectivity index (χ0) is 15.1. The fourth-order valence-electron chi connectivity index (χ4n) is 2.73. The maximum Gasteiger partial charge on any atom is 0.128 e. The third-order valence-corrected chi connectivity index (χ3v) is 4.34. The Morgan fingerprint density at radius 2 is 2.24 bits per heavy atom. The highest BCUT2D eigenvalue weighted by atomic mass is 16.3. The first-order valence-electron chi connectivity index (χ1n) is 8.33. The largest absolute Gasteiger partial charge is 0.396 e. The molecule has 118 valence electrons. The van der Waals surface area contributed by atoms with Gasteiger partial charge < -0.3 is 15.3 Å².